The zero-order valence-corrected chi connectivity index (χ0v) is 34.7. The first-order valence-electron chi connectivity index (χ1n) is 21.8. The van der Waals surface area contributed by atoms with Crippen LogP contribution in [0.1, 0.15) is 37.8 Å². The summed E-state index contributed by atoms with van der Waals surface area (Å²) in [5.41, 5.74) is 16.5. The van der Waals surface area contributed by atoms with Crippen LogP contribution in [0.5, 0.6) is 0 Å². The minimum absolute atomic E-state index is 0.0520. The lowest BCUT2D eigenvalue weighted by atomic mass is 9.80. The van der Waals surface area contributed by atoms with Gasteiger partial charge in [-0.15, -0.1) is 0 Å². The molecule has 2 aromatic heterocycles. The number of allylic oxidation sites excluding steroid dienone is 4. The molecule has 9 aromatic carbocycles. The quantitative estimate of drug-likeness (QED) is 0.162. The lowest BCUT2D eigenvalue weighted by molar-refractivity contribution is 0.654. The predicted molar refractivity (Wildman–Crippen MR) is 262 cm³/mol. The van der Waals surface area contributed by atoms with E-state index in [2.05, 4.69) is 217 Å². The second-order valence-corrected chi connectivity index (χ2v) is 17.5. The molecule has 0 unspecified atom stereocenters. The smallest absolute Gasteiger partial charge is 0.138 e. The van der Waals surface area contributed by atoms with Gasteiger partial charge in [-0.05, 0) is 129 Å². The number of hydrogen-bond acceptors (Lipinski definition) is 2. The Morgan fingerprint density at radius 2 is 1.15 bits per heavy atom. The summed E-state index contributed by atoms with van der Waals surface area (Å²) in [6.45, 7) is 4.77. The first-order chi connectivity index (χ1) is 30.5. The van der Waals surface area contributed by atoms with Crippen molar-refractivity contribution in [1.29, 1.82) is 0 Å². The maximum Gasteiger partial charge on any atom is 0.138 e. The van der Waals surface area contributed by atoms with Gasteiger partial charge in [0.1, 0.15) is 11.2 Å². The third-order valence-corrected chi connectivity index (χ3v) is 13.8. The van der Waals surface area contributed by atoms with Crippen molar-refractivity contribution in [2.24, 2.45) is 0 Å². The van der Waals surface area contributed by atoms with Gasteiger partial charge in [-0.25, -0.2) is 0 Å². The number of aromatic nitrogens is 1. The summed E-state index contributed by atoms with van der Waals surface area (Å²) < 4.78 is 9.24. The van der Waals surface area contributed by atoms with E-state index in [0.717, 1.165) is 68.6 Å². The van der Waals surface area contributed by atoms with Gasteiger partial charge in [0.2, 0.25) is 0 Å². The van der Waals surface area contributed by atoms with E-state index < -0.39 is 0 Å². The standard InChI is InChI=1S/C59H42N2O/c1-59(2)50-25-13-10-22-45(50)46-33-32-41(35-51(46)59)60(38-17-4-3-5-18-38)39-28-30-40(31-29-39)61-52-26-14-11-23-47(52)56-53(61)36-55-57(48-24-12-15-27-54(48)62-55)58(56)49-34-37-16-6-7-19-42(37)43-20-8-9-21-44(43)49/h3-9,11-12,14-36H,10,13H2,1-2H3. The van der Waals surface area contributed by atoms with E-state index >= 15 is 0 Å². The van der Waals surface area contributed by atoms with E-state index in [9.17, 15) is 0 Å². The fourth-order valence-corrected chi connectivity index (χ4v) is 11.0. The molecular weight excluding hydrogens is 753 g/mol. The van der Waals surface area contributed by atoms with Crippen molar-refractivity contribution in [1.82, 2.24) is 4.57 Å². The molecule has 0 bridgehead atoms. The summed E-state index contributed by atoms with van der Waals surface area (Å²) in [4.78, 5) is 2.40. The molecule has 3 heteroatoms. The number of para-hydroxylation sites is 3. The normalized spacial score (nSPS) is 14.5. The lowest BCUT2D eigenvalue weighted by Gasteiger charge is -2.28. The van der Waals surface area contributed by atoms with Crippen molar-refractivity contribution in [3.05, 3.63) is 211 Å². The fourth-order valence-electron chi connectivity index (χ4n) is 11.0. The Balaban J connectivity index is 1.05. The van der Waals surface area contributed by atoms with Gasteiger partial charge < -0.3 is 13.9 Å². The highest BCUT2D eigenvalue weighted by Crippen LogP contribution is 2.53. The average molecular weight is 795 g/mol. The number of benzene rings is 9. The van der Waals surface area contributed by atoms with Crippen molar-refractivity contribution in [3.63, 3.8) is 0 Å². The topological polar surface area (TPSA) is 21.3 Å². The van der Waals surface area contributed by atoms with Crippen LogP contribution >= 0.6 is 0 Å². The van der Waals surface area contributed by atoms with Gasteiger partial charge in [0.05, 0.1) is 11.0 Å². The molecule has 0 saturated heterocycles. The second-order valence-electron chi connectivity index (χ2n) is 17.5. The highest BCUT2D eigenvalue weighted by atomic mass is 16.3. The molecule has 0 atom stereocenters. The molecular formula is C59H42N2O. The fraction of sp³-hybridized carbons (Fsp3) is 0.0847. The SMILES string of the molecule is CC1(C)C2=CCCC=C2c2ccc(N(c3ccccc3)c3ccc(-n4c5ccccc5c5c(-c6cc7ccccc7c7ccccc67)c6c(cc54)oc4ccccc46)cc3)cc21. The molecule has 2 aliphatic carbocycles. The van der Waals surface area contributed by atoms with Crippen LogP contribution in [-0.2, 0) is 5.41 Å². The number of anilines is 3. The molecule has 0 aliphatic heterocycles. The summed E-state index contributed by atoms with van der Waals surface area (Å²) in [6, 6.07) is 66.7. The van der Waals surface area contributed by atoms with Gasteiger partial charge in [-0.3, -0.25) is 0 Å². The average Bonchev–Trinajstić information content (AvgIpc) is 3.94. The van der Waals surface area contributed by atoms with Crippen LogP contribution in [0.25, 0.3) is 87.7 Å². The Kier molecular flexibility index (Phi) is 7.48. The van der Waals surface area contributed by atoms with Crippen LogP contribution in [0.2, 0.25) is 0 Å². The van der Waals surface area contributed by atoms with Gasteiger partial charge in [0, 0.05) is 61.3 Å². The number of nitrogens with zero attached hydrogens (tertiary/aromatic N) is 2. The van der Waals surface area contributed by atoms with Crippen molar-refractivity contribution in [2.45, 2.75) is 32.1 Å². The molecule has 62 heavy (non-hydrogen) atoms. The van der Waals surface area contributed by atoms with Gasteiger partial charge in [-0.1, -0.05) is 135 Å². The van der Waals surface area contributed by atoms with Crippen molar-refractivity contribution < 1.29 is 4.42 Å². The molecule has 0 spiro atoms. The zero-order chi connectivity index (χ0) is 41.1. The minimum Gasteiger partial charge on any atom is -0.456 e. The summed E-state index contributed by atoms with van der Waals surface area (Å²) in [6.07, 6.45) is 7.12. The van der Waals surface area contributed by atoms with E-state index in [0.29, 0.717) is 0 Å². The molecule has 294 valence electrons. The van der Waals surface area contributed by atoms with E-state index in [1.165, 1.54) is 65.7 Å². The van der Waals surface area contributed by atoms with Gasteiger partial charge in [-0.2, -0.15) is 0 Å². The maximum absolute atomic E-state index is 6.81. The molecule has 0 N–H and O–H groups in total. The Morgan fingerprint density at radius 3 is 1.98 bits per heavy atom. The summed E-state index contributed by atoms with van der Waals surface area (Å²) >= 11 is 0. The Labute approximate surface area is 360 Å². The van der Waals surface area contributed by atoms with Crippen LogP contribution in [0.15, 0.2) is 204 Å². The van der Waals surface area contributed by atoms with Crippen molar-refractivity contribution in [2.75, 3.05) is 4.90 Å². The van der Waals surface area contributed by atoms with E-state index in [1.807, 2.05) is 0 Å². The lowest BCUT2D eigenvalue weighted by Crippen LogP contribution is -2.17. The molecule has 0 saturated carbocycles. The van der Waals surface area contributed by atoms with E-state index in [4.69, 9.17) is 4.42 Å². The van der Waals surface area contributed by atoms with Crippen molar-refractivity contribution in [3.8, 4) is 16.8 Å². The maximum atomic E-state index is 6.81. The number of rotatable bonds is 5. The highest BCUT2D eigenvalue weighted by molar-refractivity contribution is 6.30. The van der Waals surface area contributed by atoms with Crippen LogP contribution in [0.3, 0.4) is 0 Å². The Morgan fingerprint density at radius 1 is 0.484 bits per heavy atom. The molecule has 0 fully saturated rings. The number of furan rings is 1. The Hall–Kier alpha value is -7.62. The van der Waals surface area contributed by atoms with Crippen LogP contribution < -0.4 is 4.90 Å². The first-order valence-corrected chi connectivity index (χ1v) is 21.8. The molecule has 2 heterocycles. The van der Waals surface area contributed by atoms with E-state index in [1.54, 1.807) is 0 Å². The second kappa shape index (κ2) is 13.2. The third kappa shape index (κ3) is 5.00. The molecule has 13 rings (SSSR count). The highest BCUT2D eigenvalue weighted by Gasteiger charge is 2.39. The van der Waals surface area contributed by atoms with Crippen molar-refractivity contribution >= 4 is 87.9 Å². The predicted octanol–water partition coefficient (Wildman–Crippen LogP) is 16.5. The van der Waals surface area contributed by atoms with Gasteiger partial charge >= 0.3 is 0 Å². The zero-order valence-electron chi connectivity index (χ0n) is 34.7. The molecule has 11 aromatic rings. The van der Waals surface area contributed by atoms with Crippen LogP contribution in [0.4, 0.5) is 17.1 Å². The molecule has 3 nitrogen and oxygen atoms in total. The number of fused-ring (bicyclic) bond motifs is 12. The molecule has 2 aliphatic rings. The van der Waals surface area contributed by atoms with E-state index in [-0.39, 0.29) is 5.41 Å². The van der Waals surface area contributed by atoms with Gasteiger partial charge in [0.15, 0.2) is 0 Å². The van der Waals surface area contributed by atoms with Crippen LogP contribution in [-0.4, -0.2) is 4.57 Å². The number of hydrogen-bond donors (Lipinski definition) is 0. The third-order valence-electron chi connectivity index (χ3n) is 13.8. The largest absolute Gasteiger partial charge is 0.456 e. The molecule has 0 amide bonds. The monoisotopic (exact) mass is 794 g/mol. The summed E-state index contributed by atoms with van der Waals surface area (Å²) in [5.74, 6) is 0. The van der Waals surface area contributed by atoms with Crippen LogP contribution in [0, 0.1) is 0 Å². The minimum atomic E-state index is -0.0520. The first kappa shape index (κ1) is 35.2. The molecule has 0 radical (unpaired) electrons. The summed E-state index contributed by atoms with van der Waals surface area (Å²) in [5, 5.41) is 9.67. The van der Waals surface area contributed by atoms with Gasteiger partial charge in [0.25, 0.3) is 0 Å². The summed E-state index contributed by atoms with van der Waals surface area (Å²) in [7, 11) is 0. The Bertz CT molecular complexity index is 3710.